The third-order valence-corrected chi connectivity index (χ3v) is 3.09. The van der Waals surface area contributed by atoms with E-state index in [1.165, 1.54) is 10.8 Å². The predicted molar refractivity (Wildman–Crippen MR) is 62.7 cm³/mol. The monoisotopic (exact) mass is 286 g/mol. The fraction of sp³-hybridized carbons (Fsp3) is 0.100. The van der Waals surface area contributed by atoms with Crippen LogP contribution in [-0.4, -0.2) is 35.5 Å². The molecule has 9 heteroatoms. The Morgan fingerprint density at radius 3 is 2.47 bits per heavy atom. The smallest absolute Gasteiger partial charge is 0.332 e. The lowest BCUT2D eigenvalue weighted by atomic mass is 10.4. The van der Waals surface area contributed by atoms with Crippen molar-refractivity contribution >= 4 is 21.9 Å². The second kappa shape index (κ2) is 5.48. The lowest BCUT2D eigenvalue weighted by molar-refractivity contribution is -0.132. The maximum Gasteiger partial charge on any atom is 0.332 e. The Bertz CT molecular complexity index is 650. The molecule has 1 heterocycles. The molecule has 0 unspecified atom stereocenters. The lowest BCUT2D eigenvalue weighted by Gasteiger charge is -2.05. The molecule has 0 bridgehead atoms. The summed E-state index contributed by atoms with van der Waals surface area (Å²) in [6.45, 7) is 1.56. The minimum atomic E-state index is -4.27. The van der Waals surface area contributed by atoms with E-state index in [-0.39, 0.29) is 6.08 Å². The van der Waals surface area contributed by atoms with Gasteiger partial charge in [-0.1, -0.05) is 6.07 Å². The summed E-state index contributed by atoms with van der Waals surface area (Å²) < 4.78 is 24.9. The molecular formula is C10H10N2O6S. The van der Waals surface area contributed by atoms with Gasteiger partial charge in [0.1, 0.15) is 0 Å². The number of amides is 1. The highest BCUT2D eigenvalue weighted by Crippen LogP contribution is 2.06. The maximum atomic E-state index is 11.7. The minimum absolute atomic E-state index is 0.175. The standard InChI is InChI=1S/C10H10N2O6S/c1-6-3-2-4-8(11-6)19(17,18)12-10(16)7(13)5-9(14)15/h2-5,13H,1H3,(H,12,16)(H,14,15)/b7-5-. The second-order valence-corrected chi connectivity index (χ2v) is 5.05. The Labute approximate surface area is 108 Å². The second-order valence-electron chi connectivity index (χ2n) is 3.42. The van der Waals surface area contributed by atoms with Crippen molar-refractivity contribution in [2.75, 3.05) is 0 Å². The molecule has 102 valence electrons. The van der Waals surface area contributed by atoms with Gasteiger partial charge in [-0.05, 0) is 19.1 Å². The van der Waals surface area contributed by atoms with Gasteiger partial charge in [-0.25, -0.2) is 14.5 Å². The molecule has 0 atom stereocenters. The first-order valence-electron chi connectivity index (χ1n) is 4.87. The van der Waals surface area contributed by atoms with Gasteiger partial charge in [-0.2, -0.15) is 8.42 Å². The molecule has 0 aliphatic rings. The van der Waals surface area contributed by atoms with Gasteiger partial charge >= 0.3 is 5.97 Å². The van der Waals surface area contributed by atoms with Gasteiger partial charge in [-0.15, -0.1) is 0 Å². The zero-order valence-electron chi connectivity index (χ0n) is 9.69. The van der Waals surface area contributed by atoms with E-state index in [0.717, 1.165) is 6.07 Å². The van der Waals surface area contributed by atoms with Crippen molar-refractivity contribution in [3.63, 3.8) is 0 Å². The number of rotatable bonds is 4. The fourth-order valence-electron chi connectivity index (χ4n) is 1.08. The summed E-state index contributed by atoms with van der Waals surface area (Å²) in [6, 6.07) is 4.14. The molecule has 1 amide bonds. The number of aliphatic hydroxyl groups excluding tert-OH is 1. The molecule has 1 rings (SSSR count). The van der Waals surface area contributed by atoms with E-state index in [1.54, 1.807) is 13.0 Å². The number of hydrogen-bond donors (Lipinski definition) is 3. The molecule has 0 aromatic carbocycles. The molecule has 0 saturated carbocycles. The molecule has 0 saturated heterocycles. The number of sulfonamides is 1. The molecule has 3 N–H and O–H groups in total. The van der Waals surface area contributed by atoms with Crippen molar-refractivity contribution in [2.45, 2.75) is 11.9 Å². The van der Waals surface area contributed by atoms with Crippen LogP contribution in [0.2, 0.25) is 0 Å². The lowest BCUT2D eigenvalue weighted by Crippen LogP contribution is -2.32. The first-order chi connectivity index (χ1) is 8.72. The minimum Gasteiger partial charge on any atom is -0.503 e. The number of nitrogens with one attached hydrogen (secondary N) is 1. The fourth-order valence-corrected chi connectivity index (χ4v) is 2.05. The molecule has 1 aromatic rings. The molecule has 0 aliphatic carbocycles. The van der Waals surface area contributed by atoms with Gasteiger partial charge in [0.2, 0.25) is 0 Å². The summed E-state index contributed by atoms with van der Waals surface area (Å²) in [5.74, 6) is -4.27. The van der Waals surface area contributed by atoms with Crippen LogP contribution in [0.1, 0.15) is 5.69 Å². The van der Waals surface area contributed by atoms with Crippen LogP contribution in [0.25, 0.3) is 0 Å². The summed E-state index contributed by atoms with van der Waals surface area (Å²) in [4.78, 5) is 25.2. The van der Waals surface area contributed by atoms with Crippen LogP contribution in [-0.2, 0) is 19.6 Å². The number of carbonyl (C=O) groups is 2. The van der Waals surface area contributed by atoms with Crippen molar-refractivity contribution in [3.05, 3.63) is 35.7 Å². The number of hydrogen-bond acceptors (Lipinski definition) is 6. The van der Waals surface area contributed by atoms with Crippen LogP contribution in [0, 0.1) is 6.92 Å². The third kappa shape index (κ3) is 4.07. The predicted octanol–water partition coefficient (Wildman–Crippen LogP) is -0.279. The number of carboxylic acids is 1. The number of pyridine rings is 1. The first-order valence-corrected chi connectivity index (χ1v) is 6.35. The zero-order chi connectivity index (χ0) is 14.6. The highest BCUT2D eigenvalue weighted by Gasteiger charge is 2.21. The molecule has 0 fully saturated rings. The van der Waals surface area contributed by atoms with Crippen LogP contribution >= 0.6 is 0 Å². The molecule has 1 aromatic heterocycles. The number of aliphatic carboxylic acids is 1. The molecule has 0 aliphatic heterocycles. The molecule has 19 heavy (non-hydrogen) atoms. The van der Waals surface area contributed by atoms with Crippen molar-refractivity contribution in [2.24, 2.45) is 0 Å². The van der Waals surface area contributed by atoms with Crippen LogP contribution in [0.5, 0.6) is 0 Å². The quantitative estimate of drug-likeness (QED) is 0.512. The van der Waals surface area contributed by atoms with E-state index in [2.05, 4.69) is 4.98 Å². The highest BCUT2D eigenvalue weighted by atomic mass is 32.2. The summed E-state index contributed by atoms with van der Waals surface area (Å²) in [6.07, 6.45) is 0.175. The number of aromatic nitrogens is 1. The van der Waals surface area contributed by atoms with Crippen LogP contribution in [0.4, 0.5) is 0 Å². The number of nitrogens with zero attached hydrogens (tertiary/aromatic N) is 1. The highest BCUT2D eigenvalue weighted by molar-refractivity contribution is 7.90. The Balaban J connectivity index is 2.99. The van der Waals surface area contributed by atoms with Crippen LogP contribution < -0.4 is 4.72 Å². The molecule has 0 radical (unpaired) electrons. The number of carboxylic acid groups (broad SMARTS) is 1. The van der Waals surface area contributed by atoms with Crippen LogP contribution in [0.3, 0.4) is 0 Å². The van der Waals surface area contributed by atoms with E-state index in [0.29, 0.717) is 5.69 Å². The topological polar surface area (TPSA) is 134 Å². The Kier molecular flexibility index (Phi) is 4.22. The average molecular weight is 286 g/mol. The number of aryl methyl sites for hydroxylation is 1. The van der Waals surface area contributed by atoms with Gasteiger partial charge in [0.25, 0.3) is 15.9 Å². The summed E-state index contributed by atoms with van der Waals surface area (Å²) in [7, 11) is -4.27. The molecule has 0 spiro atoms. The summed E-state index contributed by atoms with van der Waals surface area (Å²) in [5, 5.41) is 16.9. The van der Waals surface area contributed by atoms with E-state index in [9.17, 15) is 18.0 Å². The van der Waals surface area contributed by atoms with Crippen molar-refractivity contribution < 1.29 is 28.2 Å². The van der Waals surface area contributed by atoms with Gasteiger partial charge < -0.3 is 10.2 Å². The van der Waals surface area contributed by atoms with Crippen molar-refractivity contribution in [3.8, 4) is 0 Å². The van der Waals surface area contributed by atoms with E-state index in [1.807, 2.05) is 0 Å². The van der Waals surface area contributed by atoms with Crippen LogP contribution in [0.15, 0.2) is 35.1 Å². The summed E-state index contributed by atoms with van der Waals surface area (Å²) in [5.41, 5.74) is 0.417. The van der Waals surface area contributed by atoms with Gasteiger partial charge in [0.05, 0.1) is 6.08 Å². The van der Waals surface area contributed by atoms with Crippen molar-refractivity contribution in [1.82, 2.24) is 9.71 Å². The maximum absolute atomic E-state index is 11.7. The Morgan fingerprint density at radius 2 is 1.95 bits per heavy atom. The average Bonchev–Trinajstić information content (AvgIpc) is 2.27. The van der Waals surface area contributed by atoms with Gasteiger partial charge in [0, 0.05) is 5.69 Å². The van der Waals surface area contributed by atoms with Crippen molar-refractivity contribution in [1.29, 1.82) is 0 Å². The van der Waals surface area contributed by atoms with Gasteiger partial charge in [-0.3, -0.25) is 4.79 Å². The molecule has 8 nitrogen and oxygen atoms in total. The largest absolute Gasteiger partial charge is 0.503 e. The first kappa shape index (κ1) is 14.6. The number of aliphatic hydroxyl groups is 1. The zero-order valence-corrected chi connectivity index (χ0v) is 10.5. The third-order valence-electron chi connectivity index (χ3n) is 1.86. The van der Waals surface area contributed by atoms with E-state index in [4.69, 9.17) is 10.2 Å². The summed E-state index contributed by atoms with van der Waals surface area (Å²) >= 11 is 0. The van der Waals surface area contributed by atoms with E-state index < -0.39 is 32.7 Å². The normalized spacial score (nSPS) is 11.9. The van der Waals surface area contributed by atoms with Gasteiger partial charge in [0.15, 0.2) is 10.8 Å². The Hall–Kier alpha value is -2.42. The Morgan fingerprint density at radius 1 is 1.32 bits per heavy atom. The van der Waals surface area contributed by atoms with E-state index >= 15 is 0 Å². The number of carbonyl (C=O) groups excluding carboxylic acids is 1. The molecular weight excluding hydrogens is 276 g/mol. The SMILES string of the molecule is Cc1cccc(S(=O)(=O)NC(=O)/C(O)=C/C(=O)O)n1.